The Kier molecular flexibility index (Phi) is 3.15. The summed E-state index contributed by atoms with van der Waals surface area (Å²) in [6.45, 7) is 0. The van der Waals surface area contributed by atoms with Crippen LogP contribution in [0, 0.1) is 0 Å². The number of anilines is 1. The average Bonchev–Trinajstić information content (AvgIpc) is 2.56. The first kappa shape index (κ1) is 10.1. The van der Waals surface area contributed by atoms with Gasteiger partial charge in [-0.25, -0.2) is 0 Å². The lowest BCUT2D eigenvalue weighted by Gasteiger charge is -2.01. The molecular weight excluding hydrogens is 278 g/mol. The quantitative estimate of drug-likeness (QED) is 0.835. The molecule has 0 bridgehead atoms. The highest BCUT2D eigenvalue weighted by atomic mass is 79.9. The Hall–Kier alpha value is -0.450. The van der Waals surface area contributed by atoms with E-state index in [9.17, 15) is 0 Å². The third-order valence-corrected chi connectivity index (χ3v) is 4.53. The molecule has 1 aromatic carbocycles. The molecule has 1 nitrogen and oxygen atoms in total. The maximum Gasteiger partial charge on any atom is 0.0710 e. The molecule has 0 spiro atoms. The van der Waals surface area contributed by atoms with Crippen molar-refractivity contribution in [1.82, 2.24) is 0 Å². The Morgan fingerprint density at radius 3 is 2.57 bits per heavy atom. The van der Waals surface area contributed by atoms with Crippen LogP contribution in [0.15, 0.2) is 49.3 Å². The molecule has 0 saturated heterocycles. The van der Waals surface area contributed by atoms with Gasteiger partial charge >= 0.3 is 0 Å². The summed E-state index contributed by atoms with van der Waals surface area (Å²) in [6, 6.07) is 12.0. The Balaban J connectivity index is 2.23. The molecule has 14 heavy (non-hydrogen) atoms. The minimum atomic E-state index is 0.835. The molecule has 0 aliphatic rings. The summed E-state index contributed by atoms with van der Waals surface area (Å²) in [4.78, 5) is 1.11. The minimum absolute atomic E-state index is 0.835. The van der Waals surface area contributed by atoms with Crippen LogP contribution in [0.5, 0.6) is 0 Å². The summed E-state index contributed by atoms with van der Waals surface area (Å²) >= 11 is 6.85. The van der Waals surface area contributed by atoms with E-state index in [0.717, 1.165) is 14.4 Å². The highest BCUT2D eigenvalue weighted by Crippen LogP contribution is 2.37. The van der Waals surface area contributed by atoms with E-state index >= 15 is 0 Å². The average molecular weight is 286 g/mol. The van der Waals surface area contributed by atoms with Gasteiger partial charge in [-0.1, -0.05) is 23.9 Å². The monoisotopic (exact) mass is 285 g/mol. The molecule has 72 valence electrons. The molecule has 4 heteroatoms. The zero-order chi connectivity index (χ0) is 9.97. The largest absolute Gasteiger partial charge is 0.398 e. The van der Waals surface area contributed by atoms with Gasteiger partial charge in [0.05, 0.1) is 8.00 Å². The van der Waals surface area contributed by atoms with Crippen LogP contribution < -0.4 is 5.73 Å². The van der Waals surface area contributed by atoms with E-state index in [0.29, 0.717) is 0 Å². The number of thiophene rings is 1. The molecule has 2 N–H and O–H groups in total. The van der Waals surface area contributed by atoms with E-state index in [4.69, 9.17) is 5.73 Å². The summed E-state index contributed by atoms with van der Waals surface area (Å²) in [5.41, 5.74) is 6.68. The smallest absolute Gasteiger partial charge is 0.0710 e. The first-order chi connectivity index (χ1) is 6.75. The Morgan fingerprint density at radius 2 is 1.93 bits per heavy atom. The maximum absolute atomic E-state index is 5.85. The van der Waals surface area contributed by atoms with Gasteiger partial charge in [-0.3, -0.25) is 0 Å². The van der Waals surface area contributed by atoms with Gasteiger partial charge in [0.25, 0.3) is 0 Å². The number of nitrogens with two attached hydrogens (primary N) is 1. The standard InChI is InChI=1S/C10H8BrNS2/c11-9-5-6-10(14-9)13-8-4-2-1-3-7(8)12/h1-6H,12H2. The molecule has 0 radical (unpaired) electrons. The number of rotatable bonds is 2. The highest BCUT2D eigenvalue weighted by molar-refractivity contribution is 9.11. The van der Waals surface area contributed by atoms with E-state index in [1.54, 1.807) is 23.1 Å². The van der Waals surface area contributed by atoms with Gasteiger partial charge in [-0.05, 0) is 40.2 Å². The molecule has 2 rings (SSSR count). The lowest BCUT2D eigenvalue weighted by Crippen LogP contribution is -1.85. The molecular formula is C10H8BrNS2. The topological polar surface area (TPSA) is 26.0 Å². The van der Waals surface area contributed by atoms with Crippen molar-refractivity contribution >= 4 is 44.7 Å². The van der Waals surface area contributed by atoms with Crippen molar-refractivity contribution < 1.29 is 0 Å². The predicted molar refractivity (Wildman–Crippen MR) is 67.0 cm³/mol. The summed E-state index contributed by atoms with van der Waals surface area (Å²) in [7, 11) is 0. The zero-order valence-electron chi connectivity index (χ0n) is 7.24. The predicted octanol–water partition coefficient (Wildman–Crippen LogP) is 4.24. The fourth-order valence-corrected chi connectivity index (χ4v) is 3.87. The number of benzene rings is 1. The minimum Gasteiger partial charge on any atom is -0.398 e. The number of hydrogen-bond acceptors (Lipinski definition) is 3. The van der Waals surface area contributed by atoms with Crippen molar-refractivity contribution in [2.75, 3.05) is 5.73 Å². The van der Waals surface area contributed by atoms with Crippen LogP contribution in [0.3, 0.4) is 0 Å². The van der Waals surface area contributed by atoms with Crippen LogP contribution in [0.4, 0.5) is 5.69 Å². The number of para-hydroxylation sites is 1. The van der Waals surface area contributed by atoms with Gasteiger partial charge in [-0.2, -0.15) is 0 Å². The van der Waals surface area contributed by atoms with Crippen molar-refractivity contribution in [1.29, 1.82) is 0 Å². The second-order valence-corrected chi connectivity index (χ2v) is 6.50. The molecule has 0 atom stereocenters. The highest BCUT2D eigenvalue weighted by Gasteiger charge is 2.02. The van der Waals surface area contributed by atoms with Crippen LogP contribution in [0.2, 0.25) is 0 Å². The van der Waals surface area contributed by atoms with Gasteiger partial charge in [0.2, 0.25) is 0 Å². The number of nitrogen functional groups attached to an aromatic ring is 1. The molecule has 1 heterocycles. The lowest BCUT2D eigenvalue weighted by atomic mass is 10.3. The molecule has 0 aliphatic carbocycles. The third-order valence-electron chi connectivity index (χ3n) is 1.68. The van der Waals surface area contributed by atoms with E-state index in [1.807, 2.05) is 30.3 Å². The SMILES string of the molecule is Nc1ccccc1Sc1ccc(Br)s1. The normalized spacial score (nSPS) is 10.4. The number of hydrogen-bond donors (Lipinski definition) is 1. The van der Waals surface area contributed by atoms with Crippen molar-refractivity contribution in [3.05, 3.63) is 40.2 Å². The zero-order valence-corrected chi connectivity index (χ0v) is 10.5. The molecule has 0 fully saturated rings. The molecule has 2 aromatic rings. The number of halogens is 1. The van der Waals surface area contributed by atoms with Crippen LogP contribution >= 0.6 is 39.0 Å². The van der Waals surface area contributed by atoms with Crippen molar-refractivity contribution in [3.8, 4) is 0 Å². The molecule has 1 aromatic heterocycles. The molecule has 0 unspecified atom stereocenters. The fraction of sp³-hybridized carbons (Fsp3) is 0. The van der Waals surface area contributed by atoms with Crippen LogP contribution in [-0.4, -0.2) is 0 Å². The van der Waals surface area contributed by atoms with Gasteiger partial charge < -0.3 is 5.73 Å². The van der Waals surface area contributed by atoms with Crippen LogP contribution in [0.25, 0.3) is 0 Å². The Labute approximate surface area is 99.5 Å². The van der Waals surface area contributed by atoms with E-state index in [1.165, 1.54) is 4.21 Å². The second-order valence-electron chi connectivity index (χ2n) is 2.70. The van der Waals surface area contributed by atoms with Crippen LogP contribution in [-0.2, 0) is 0 Å². The summed E-state index contributed by atoms with van der Waals surface area (Å²) in [6.07, 6.45) is 0. The van der Waals surface area contributed by atoms with Gasteiger partial charge in [0, 0.05) is 10.6 Å². The van der Waals surface area contributed by atoms with Crippen molar-refractivity contribution in [2.45, 2.75) is 9.10 Å². The van der Waals surface area contributed by atoms with E-state index < -0.39 is 0 Å². The molecule has 0 saturated carbocycles. The first-order valence-electron chi connectivity index (χ1n) is 4.03. The van der Waals surface area contributed by atoms with E-state index in [-0.39, 0.29) is 0 Å². The lowest BCUT2D eigenvalue weighted by molar-refractivity contribution is 1.46. The fourth-order valence-electron chi connectivity index (χ4n) is 1.03. The molecule has 0 amide bonds. The van der Waals surface area contributed by atoms with Gasteiger partial charge in [0.1, 0.15) is 0 Å². The van der Waals surface area contributed by atoms with Crippen molar-refractivity contribution in [3.63, 3.8) is 0 Å². The summed E-state index contributed by atoms with van der Waals surface area (Å²) in [5, 5.41) is 0. The third kappa shape index (κ3) is 2.32. The maximum atomic E-state index is 5.85. The second kappa shape index (κ2) is 4.38. The van der Waals surface area contributed by atoms with Gasteiger partial charge in [-0.15, -0.1) is 11.3 Å². The van der Waals surface area contributed by atoms with Crippen molar-refractivity contribution in [2.24, 2.45) is 0 Å². The molecule has 0 aliphatic heterocycles. The Bertz CT molecular complexity index is 439. The Morgan fingerprint density at radius 1 is 1.14 bits per heavy atom. The first-order valence-corrected chi connectivity index (χ1v) is 6.46. The summed E-state index contributed by atoms with van der Waals surface area (Å²) in [5.74, 6) is 0. The summed E-state index contributed by atoms with van der Waals surface area (Å²) < 4.78 is 2.39. The van der Waals surface area contributed by atoms with E-state index in [2.05, 4.69) is 22.0 Å². The van der Waals surface area contributed by atoms with Crippen LogP contribution in [0.1, 0.15) is 0 Å². The van der Waals surface area contributed by atoms with Gasteiger partial charge in [0.15, 0.2) is 0 Å².